The van der Waals surface area contributed by atoms with Gasteiger partial charge in [-0.3, -0.25) is 0 Å². The third-order valence-corrected chi connectivity index (χ3v) is 4.68. The average molecular weight is 256 g/mol. The van der Waals surface area contributed by atoms with E-state index in [0.717, 1.165) is 17.5 Å². The minimum absolute atomic E-state index is 0.347. The van der Waals surface area contributed by atoms with Gasteiger partial charge in [0.2, 0.25) is 0 Å². The standard InChI is InChI=1S/C13H18ClNS/c1-10(12-4-2-3-5-13(12)14)15-8-11-6-7-16-9-11/h2-5,10-11,15H,6-9H2,1H3. The van der Waals surface area contributed by atoms with Gasteiger partial charge in [-0.1, -0.05) is 29.8 Å². The Morgan fingerprint density at radius 3 is 3.00 bits per heavy atom. The minimum atomic E-state index is 0.347. The summed E-state index contributed by atoms with van der Waals surface area (Å²) < 4.78 is 0. The predicted molar refractivity (Wildman–Crippen MR) is 73.3 cm³/mol. The summed E-state index contributed by atoms with van der Waals surface area (Å²) in [5.41, 5.74) is 1.20. The molecule has 0 radical (unpaired) electrons. The molecule has 0 saturated carbocycles. The molecule has 2 atom stereocenters. The number of rotatable bonds is 4. The van der Waals surface area contributed by atoms with Gasteiger partial charge in [-0.2, -0.15) is 11.8 Å². The highest BCUT2D eigenvalue weighted by Crippen LogP contribution is 2.25. The topological polar surface area (TPSA) is 12.0 Å². The zero-order valence-electron chi connectivity index (χ0n) is 9.58. The Bertz CT molecular complexity index is 336. The quantitative estimate of drug-likeness (QED) is 0.880. The average Bonchev–Trinajstić information content (AvgIpc) is 2.79. The molecule has 1 saturated heterocycles. The fraction of sp³-hybridized carbons (Fsp3) is 0.538. The Hall–Kier alpha value is -0.180. The molecule has 1 heterocycles. The van der Waals surface area contributed by atoms with Crippen molar-refractivity contribution >= 4 is 23.4 Å². The van der Waals surface area contributed by atoms with Gasteiger partial charge in [0.1, 0.15) is 0 Å². The van der Waals surface area contributed by atoms with Crippen LogP contribution in [0.1, 0.15) is 24.9 Å². The van der Waals surface area contributed by atoms with E-state index in [2.05, 4.69) is 30.1 Å². The van der Waals surface area contributed by atoms with Gasteiger partial charge < -0.3 is 5.32 Å². The number of hydrogen-bond donors (Lipinski definition) is 1. The molecule has 0 spiro atoms. The second-order valence-corrected chi connectivity index (χ2v) is 5.94. The van der Waals surface area contributed by atoms with Crippen molar-refractivity contribution in [3.05, 3.63) is 34.9 Å². The van der Waals surface area contributed by atoms with Crippen molar-refractivity contribution in [3.8, 4) is 0 Å². The van der Waals surface area contributed by atoms with Crippen molar-refractivity contribution in [1.82, 2.24) is 5.32 Å². The second-order valence-electron chi connectivity index (χ2n) is 4.38. The third kappa shape index (κ3) is 3.16. The maximum Gasteiger partial charge on any atom is 0.0453 e. The highest BCUT2D eigenvalue weighted by Gasteiger charge is 2.16. The van der Waals surface area contributed by atoms with Crippen LogP contribution < -0.4 is 5.32 Å². The van der Waals surface area contributed by atoms with Gasteiger partial charge in [-0.05, 0) is 48.9 Å². The first kappa shape index (κ1) is 12.3. The number of benzene rings is 1. The van der Waals surface area contributed by atoms with Crippen LogP contribution in [0.25, 0.3) is 0 Å². The van der Waals surface area contributed by atoms with E-state index in [-0.39, 0.29) is 0 Å². The number of halogens is 1. The Balaban J connectivity index is 1.87. The van der Waals surface area contributed by atoms with Gasteiger partial charge in [0.25, 0.3) is 0 Å². The highest BCUT2D eigenvalue weighted by atomic mass is 35.5. The van der Waals surface area contributed by atoms with Crippen LogP contribution in [0.15, 0.2) is 24.3 Å². The van der Waals surface area contributed by atoms with Crippen molar-refractivity contribution in [2.75, 3.05) is 18.1 Å². The first-order valence-corrected chi connectivity index (χ1v) is 7.36. The van der Waals surface area contributed by atoms with Gasteiger partial charge in [0, 0.05) is 11.1 Å². The van der Waals surface area contributed by atoms with Crippen molar-refractivity contribution < 1.29 is 0 Å². The molecule has 3 heteroatoms. The van der Waals surface area contributed by atoms with Crippen LogP contribution in [-0.2, 0) is 0 Å². The van der Waals surface area contributed by atoms with Crippen molar-refractivity contribution in [1.29, 1.82) is 0 Å². The molecular formula is C13H18ClNS. The van der Waals surface area contributed by atoms with E-state index in [4.69, 9.17) is 11.6 Å². The molecule has 2 rings (SSSR count). The monoisotopic (exact) mass is 255 g/mol. The molecule has 1 N–H and O–H groups in total. The van der Waals surface area contributed by atoms with Crippen LogP contribution in [0.5, 0.6) is 0 Å². The highest BCUT2D eigenvalue weighted by molar-refractivity contribution is 7.99. The summed E-state index contributed by atoms with van der Waals surface area (Å²) in [6.07, 6.45) is 1.35. The molecule has 1 aliphatic heterocycles. The van der Waals surface area contributed by atoms with Gasteiger partial charge >= 0.3 is 0 Å². The minimum Gasteiger partial charge on any atom is -0.310 e. The first-order chi connectivity index (χ1) is 7.77. The lowest BCUT2D eigenvalue weighted by atomic mass is 10.1. The Morgan fingerprint density at radius 1 is 1.50 bits per heavy atom. The Morgan fingerprint density at radius 2 is 2.31 bits per heavy atom. The molecule has 1 aromatic rings. The number of nitrogens with one attached hydrogen (secondary N) is 1. The largest absolute Gasteiger partial charge is 0.310 e. The Kier molecular flexibility index (Phi) is 4.56. The lowest BCUT2D eigenvalue weighted by Gasteiger charge is -2.18. The number of hydrogen-bond acceptors (Lipinski definition) is 2. The van der Waals surface area contributed by atoms with E-state index in [1.165, 1.54) is 23.5 Å². The molecular weight excluding hydrogens is 238 g/mol. The van der Waals surface area contributed by atoms with Crippen LogP contribution in [0.3, 0.4) is 0 Å². The molecule has 1 nitrogen and oxygen atoms in total. The second kappa shape index (κ2) is 5.95. The molecule has 2 unspecified atom stereocenters. The third-order valence-electron chi connectivity index (χ3n) is 3.11. The van der Waals surface area contributed by atoms with Gasteiger partial charge in [-0.15, -0.1) is 0 Å². The molecule has 0 aromatic heterocycles. The summed E-state index contributed by atoms with van der Waals surface area (Å²) in [4.78, 5) is 0. The molecule has 1 aliphatic rings. The molecule has 0 aliphatic carbocycles. The van der Waals surface area contributed by atoms with Crippen LogP contribution >= 0.6 is 23.4 Å². The molecule has 0 bridgehead atoms. The van der Waals surface area contributed by atoms with E-state index >= 15 is 0 Å². The lowest BCUT2D eigenvalue weighted by molar-refractivity contribution is 0.477. The summed E-state index contributed by atoms with van der Waals surface area (Å²) in [5.74, 6) is 3.48. The van der Waals surface area contributed by atoms with Crippen molar-refractivity contribution in [2.24, 2.45) is 5.92 Å². The van der Waals surface area contributed by atoms with Crippen LogP contribution in [0, 0.1) is 5.92 Å². The van der Waals surface area contributed by atoms with E-state index in [1.807, 2.05) is 18.2 Å². The zero-order valence-corrected chi connectivity index (χ0v) is 11.2. The SMILES string of the molecule is CC(NCC1CCSC1)c1ccccc1Cl. The fourth-order valence-electron chi connectivity index (χ4n) is 2.02. The lowest BCUT2D eigenvalue weighted by Crippen LogP contribution is -2.25. The van der Waals surface area contributed by atoms with Crippen molar-refractivity contribution in [3.63, 3.8) is 0 Å². The zero-order chi connectivity index (χ0) is 11.4. The molecule has 16 heavy (non-hydrogen) atoms. The predicted octanol–water partition coefficient (Wildman–Crippen LogP) is 3.74. The smallest absolute Gasteiger partial charge is 0.0453 e. The van der Waals surface area contributed by atoms with E-state index in [9.17, 15) is 0 Å². The summed E-state index contributed by atoms with van der Waals surface area (Å²) in [7, 11) is 0. The summed E-state index contributed by atoms with van der Waals surface area (Å²) in [5, 5.41) is 4.45. The Labute approximate surface area is 107 Å². The maximum atomic E-state index is 6.17. The van der Waals surface area contributed by atoms with Gasteiger partial charge in [-0.25, -0.2) is 0 Å². The van der Waals surface area contributed by atoms with E-state index in [1.54, 1.807) is 0 Å². The molecule has 1 fully saturated rings. The molecule has 88 valence electrons. The number of thioether (sulfide) groups is 1. The maximum absolute atomic E-state index is 6.17. The molecule has 1 aromatic carbocycles. The van der Waals surface area contributed by atoms with E-state index < -0.39 is 0 Å². The summed E-state index contributed by atoms with van der Waals surface area (Å²) in [6.45, 7) is 3.29. The normalized spacial score (nSPS) is 22.2. The van der Waals surface area contributed by atoms with E-state index in [0.29, 0.717) is 6.04 Å². The van der Waals surface area contributed by atoms with Crippen LogP contribution in [-0.4, -0.2) is 18.1 Å². The fourth-order valence-corrected chi connectivity index (χ4v) is 3.61. The van der Waals surface area contributed by atoms with Gasteiger partial charge in [0.15, 0.2) is 0 Å². The van der Waals surface area contributed by atoms with Gasteiger partial charge in [0.05, 0.1) is 0 Å². The first-order valence-electron chi connectivity index (χ1n) is 5.83. The van der Waals surface area contributed by atoms with Crippen LogP contribution in [0.4, 0.5) is 0 Å². The summed E-state index contributed by atoms with van der Waals surface area (Å²) in [6, 6.07) is 8.43. The summed E-state index contributed by atoms with van der Waals surface area (Å²) >= 11 is 8.24. The molecule has 0 amide bonds. The van der Waals surface area contributed by atoms with Crippen molar-refractivity contribution in [2.45, 2.75) is 19.4 Å². The van der Waals surface area contributed by atoms with Crippen LogP contribution in [0.2, 0.25) is 5.02 Å².